The van der Waals surface area contributed by atoms with E-state index in [2.05, 4.69) is 18.0 Å². The van der Waals surface area contributed by atoms with Gasteiger partial charge in [-0.15, -0.1) is 0 Å². The fourth-order valence-electron chi connectivity index (χ4n) is 3.97. The standard InChI is InChI=1S/C26H20F3N3O/c1-2-24(33)30-20-13-18(16-7-8-16)14-21(15-20)32-23-6-4-3-5-22(23)25(31-32)17-9-11-19(12-10-17)26(27,28)29/h2-6,9-16H,1,7-8H2,(H,30,33). The first-order valence-electron chi connectivity index (χ1n) is 10.6. The van der Waals surface area contributed by atoms with E-state index in [1.54, 1.807) is 4.68 Å². The van der Waals surface area contributed by atoms with Gasteiger partial charge in [0.1, 0.15) is 5.69 Å². The van der Waals surface area contributed by atoms with E-state index in [0.29, 0.717) is 22.9 Å². The van der Waals surface area contributed by atoms with Gasteiger partial charge in [-0.25, -0.2) is 4.68 Å². The maximum absolute atomic E-state index is 13.0. The summed E-state index contributed by atoms with van der Waals surface area (Å²) in [5.41, 5.74) is 3.84. The predicted octanol–water partition coefficient (Wildman–Crippen LogP) is 6.71. The molecular weight excluding hydrogens is 427 g/mol. The molecule has 0 saturated heterocycles. The van der Waals surface area contributed by atoms with Crippen molar-refractivity contribution < 1.29 is 18.0 Å². The van der Waals surface area contributed by atoms with E-state index in [1.165, 1.54) is 18.2 Å². The molecular formula is C26H20F3N3O. The molecule has 0 atom stereocenters. The molecule has 1 N–H and O–H groups in total. The zero-order valence-electron chi connectivity index (χ0n) is 17.6. The van der Waals surface area contributed by atoms with E-state index in [-0.39, 0.29) is 5.91 Å². The highest BCUT2D eigenvalue weighted by Gasteiger charge is 2.30. The van der Waals surface area contributed by atoms with E-state index in [4.69, 9.17) is 5.10 Å². The van der Waals surface area contributed by atoms with Crippen molar-refractivity contribution in [2.75, 3.05) is 5.32 Å². The van der Waals surface area contributed by atoms with Crippen molar-refractivity contribution in [1.29, 1.82) is 0 Å². The first-order chi connectivity index (χ1) is 15.8. The van der Waals surface area contributed by atoms with Crippen molar-refractivity contribution in [3.05, 3.63) is 90.5 Å². The van der Waals surface area contributed by atoms with Crippen molar-refractivity contribution in [2.24, 2.45) is 0 Å². The summed E-state index contributed by atoms with van der Waals surface area (Å²) in [5, 5.41) is 8.44. The van der Waals surface area contributed by atoms with Gasteiger partial charge in [-0.3, -0.25) is 4.79 Å². The van der Waals surface area contributed by atoms with Gasteiger partial charge >= 0.3 is 6.18 Å². The quantitative estimate of drug-likeness (QED) is 0.346. The van der Waals surface area contributed by atoms with Gasteiger partial charge in [-0.2, -0.15) is 18.3 Å². The normalized spacial score (nSPS) is 13.8. The number of fused-ring (bicyclic) bond motifs is 1. The highest BCUT2D eigenvalue weighted by atomic mass is 19.4. The highest BCUT2D eigenvalue weighted by molar-refractivity contribution is 5.99. The molecule has 4 nitrogen and oxygen atoms in total. The van der Waals surface area contributed by atoms with Crippen molar-refractivity contribution in [2.45, 2.75) is 24.9 Å². The Kier molecular flexibility index (Phi) is 5.04. The predicted molar refractivity (Wildman–Crippen MR) is 122 cm³/mol. The van der Waals surface area contributed by atoms with Crippen LogP contribution in [0.15, 0.2) is 79.4 Å². The Hall–Kier alpha value is -3.87. The average molecular weight is 447 g/mol. The molecule has 33 heavy (non-hydrogen) atoms. The lowest BCUT2D eigenvalue weighted by Gasteiger charge is -2.11. The van der Waals surface area contributed by atoms with Gasteiger partial charge in [0.2, 0.25) is 5.91 Å². The first-order valence-corrected chi connectivity index (χ1v) is 10.6. The number of rotatable bonds is 5. The zero-order chi connectivity index (χ0) is 23.2. The van der Waals surface area contributed by atoms with Crippen molar-refractivity contribution in [3.8, 4) is 16.9 Å². The number of halogens is 3. The number of nitrogens with zero attached hydrogens (tertiary/aromatic N) is 2. The van der Waals surface area contributed by atoms with Crippen molar-refractivity contribution in [1.82, 2.24) is 9.78 Å². The third-order valence-corrected chi connectivity index (χ3v) is 5.76. The fourth-order valence-corrected chi connectivity index (χ4v) is 3.97. The number of aromatic nitrogens is 2. The number of benzene rings is 3. The van der Waals surface area contributed by atoms with Crippen LogP contribution < -0.4 is 5.32 Å². The highest BCUT2D eigenvalue weighted by Crippen LogP contribution is 2.42. The molecule has 1 aliphatic rings. The first kappa shape index (κ1) is 21.0. The Morgan fingerprint density at radius 1 is 1.06 bits per heavy atom. The molecule has 1 heterocycles. The summed E-state index contributed by atoms with van der Waals surface area (Å²) in [6.45, 7) is 3.51. The smallest absolute Gasteiger partial charge is 0.322 e. The molecule has 1 aliphatic carbocycles. The van der Waals surface area contributed by atoms with Gasteiger partial charge in [0.15, 0.2) is 0 Å². The second kappa shape index (κ2) is 7.92. The maximum Gasteiger partial charge on any atom is 0.416 e. The van der Waals surface area contributed by atoms with Crippen LogP contribution in [0.3, 0.4) is 0 Å². The van der Waals surface area contributed by atoms with Crippen molar-refractivity contribution >= 4 is 22.5 Å². The van der Waals surface area contributed by atoms with Crippen LogP contribution >= 0.6 is 0 Å². The van der Waals surface area contributed by atoms with Crippen LogP contribution in [0.4, 0.5) is 18.9 Å². The van der Waals surface area contributed by atoms with Crippen LogP contribution in [0.25, 0.3) is 27.8 Å². The van der Waals surface area contributed by atoms with Crippen LogP contribution in [0.1, 0.15) is 29.9 Å². The Labute approximate surface area is 188 Å². The van der Waals surface area contributed by atoms with E-state index >= 15 is 0 Å². The molecule has 1 amide bonds. The van der Waals surface area contributed by atoms with Crippen LogP contribution in [-0.2, 0) is 11.0 Å². The van der Waals surface area contributed by atoms with Gasteiger partial charge in [0, 0.05) is 16.6 Å². The summed E-state index contributed by atoms with van der Waals surface area (Å²) in [6, 6.07) is 18.5. The third kappa shape index (κ3) is 4.14. The second-order valence-electron chi connectivity index (χ2n) is 8.13. The number of para-hydroxylation sites is 1. The molecule has 1 aromatic heterocycles. The van der Waals surface area contributed by atoms with E-state index in [1.807, 2.05) is 36.4 Å². The summed E-state index contributed by atoms with van der Waals surface area (Å²) in [7, 11) is 0. The number of nitrogens with one attached hydrogen (secondary N) is 1. The van der Waals surface area contributed by atoms with Crippen LogP contribution in [0.2, 0.25) is 0 Å². The Balaban J connectivity index is 1.64. The number of amides is 1. The number of hydrogen-bond acceptors (Lipinski definition) is 2. The molecule has 166 valence electrons. The van der Waals surface area contributed by atoms with Gasteiger partial charge in [-0.05, 0) is 66.8 Å². The largest absolute Gasteiger partial charge is 0.416 e. The van der Waals surface area contributed by atoms with Gasteiger partial charge in [0.25, 0.3) is 0 Å². The minimum Gasteiger partial charge on any atom is -0.322 e. The average Bonchev–Trinajstić information content (AvgIpc) is 3.59. The summed E-state index contributed by atoms with van der Waals surface area (Å²) in [6.07, 6.45) is -0.991. The van der Waals surface area contributed by atoms with Crippen molar-refractivity contribution in [3.63, 3.8) is 0 Å². The molecule has 4 aromatic rings. The second-order valence-corrected chi connectivity index (χ2v) is 8.13. The van der Waals surface area contributed by atoms with E-state index in [9.17, 15) is 18.0 Å². The van der Waals surface area contributed by atoms with Crippen LogP contribution in [0.5, 0.6) is 0 Å². The number of hydrogen-bond donors (Lipinski definition) is 1. The summed E-state index contributed by atoms with van der Waals surface area (Å²) in [5.74, 6) is 0.144. The van der Waals surface area contributed by atoms with E-state index < -0.39 is 11.7 Å². The van der Waals surface area contributed by atoms with E-state index in [0.717, 1.165) is 47.1 Å². The third-order valence-electron chi connectivity index (χ3n) is 5.76. The van der Waals surface area contributed by atoms with Gasteiger partial charge < -0.3 is 5.32 Å². The lowest BCUT2D eigenvalue weighted by molar-refractivity contribution is -0.137. The fraction of sp³-hybridized carbons (Fsp3) is 0.154. The SMILES string of the molecule is C=CC(=O)Nc1cc(C2CC2)cc(-n2nc(-c3ccc(C(F)(F)F)cc3)c3ccccc32)c1. The monoisotopic (exact) mass is 447 g/mol. The van der Waals surface area contributed by atoms with Crippen LogP contribution in [0, 0.1) is 0 Å². The summed E-state index contributed by atoms with van der Waals surface area (Å²) < 4.78 is 40.8. The summed E-state index contributed by atoms with van der Waals surface area (Å²) in [4.78, 5) is 11.9. The molecule has 1 saturated carbocycles. The summed E-state index contributed by atoms with van der Waals surface area (Å²) >= 11 is 0. The molecule has 0 spiro atoms. The molecule has 0 bridgehead atoms. The molecule has 3 aromatic carbocycles. The lowest BCUT2D eigenvalue weighted by atomic mass is 10.1. The minimum atomic E-state index is -4.39. The Morgan fingerprint density at radius 3 is 2.45 bits per heavy atom. The Morgan fingerprint density at radius 2 is 1.79 bits per heavy atom. The molecule has 0 radical (unpaired) electrons. The zero-order valence-corrected chi connectivity index (χ0v) is 17.6. The van der Waals surface area contributed by atoms with Gasteiger partial charge in [0.05, 0.1) is 16.8 Å². The minimum absolute atomic E-state index is 0.301. The molecule has 7 heteroatoms. The van der Waals surface area contributed by atoms with Gasteiger partial charge in [-0.1, -0.05) is 36.9 Å². The number of anilines is 1. The molecule has 0 aliphatic heterocycles. The maximum atomic E-state index is 13.0. The Bertz CT molecular complexity index is 1370. The topological polar surface area (TPSA) is 46.9 Å². The molecule has 5 rings (SSSR count). The number of carbonyl (C=O) groups excluding carboxylic acids is 1. The van der Waals surface area contributed by atoms with Crippen LogP contribution in [-0.4, -0.2) is 15.7 Å². The lowest BCUT2D eigenvalue weighted by Crippen LogP contribution is -2.08. The number of carbonyl (C=O) groups is 1. The molecule has 0 unspecified atom stereocenters. The number of alkyl halides is 3. The molecule has 1 fully saturated rings.